The minimum absolute atomic E-state index is 0.0947. The first-order chi connectivity index (χ1) is 12.4. The van der Waals surface area contributed by atoms with Gasteiger partial charge in [-0.25, -0.2) is 4.98 Å². The van der Waals surface area contributed by atoms with Gasteiger partial charge in [-0.3, -0.25) is 4.90 Å². The van der Waals surface area contributed by atoms with E-state index >= 15 is 0 Å². The third-order valence-electron chi connectivity index (χ3n) is 5.02. The molecule has 1 aliphatic rings. The minimum atomic E-state index is -0.0947. The van der Waals surface area contributed by atoms with Gasteiger partial charge in [0.1, 0.15) is 5.82 Å². The Bertz CT molecular complexity index is 927. The lowest BCUT2D eigenvalue weighted by Crippen LogP contribution is -2.41. The lowest BCUT2D eigenvalue weighted by atomic mass is 9.89. The van der Waals surface area contributed by atoms with Gasteiger partial charge in [-0.1, -0.05) is 55.0 Å². The van der Waals surface area contributed by atoms with Crippen LogP contribution in [-0.4, -0.2) is 37.7 Å². The SMILES string of the molecule is Cc1nc2sc([C@@H](c3ccccc3Cl)N3C[C@@H](C)C[C@H](C)C3)c(O)n2n1. The molecule has 5 nitrogen and oxygen atoms in total. The predicted molar refractivity (Wildman–Crippen MR) is 105 cm³/mol. The van der Waals surface area contributed by atoms with Crippen molar-refractivity contribution in [2.75, 3.05) is 13.1 Å². The highest BCUT2D eigenvalue weighted by Crippen LogP contribution is 2.43. The zero-order valence-corrected chi connectivity index (χ0v) is 16.8. The number of piperidine rings is 1. The van der Waals surface area contributed by atoms with Gasteiger partial charge in [0, 0.05) is 18.1 Å². The van der Waals surface area contributed by atoms with Crippen LogP contribution in [0.4, 0.5) is 0 Å². The number of aromatic nitrogens is 3. The minimum Gasteiger partial charge on any atom is -0.492 e. The second-order valence-electron chi connectivity index (χ2n) is 7.47. The van der Waals surface area contributed by atoms with Gasteiger partial charge >= 0.3 is 0 Å². The molecule has 1 N–H and O–H groups in total. The van der Waals surface area contributed by atoms with Crippen LogP contribution in [0.2, 0.25) is 5.02 Å². The number of hydrogen-bond donors (Lipinski definition) is 1. The molecule has 1 aliphatic heterocycles. The van der Waals surface area contributed by atoms with Crippen LogP contribution in [0.5, 0.6) is 5.88 Å². The van der Waals surface area contributed by atoms with Crippen LogP contribution in [0.1, 0.15) is 42.6 Å². The fourth-order valence-corrected chi connectivity index (χ4v) is 5.54. The van der Waals surface area contributed by atoms with E-state index < -0.39 is 0 Å². The van der Waals surface area contributed by atoms with Crippen molar-refractivity contribution in [3.05, 3.63) is 45.6 Å². The quantitative estimate of drug-likeness (QED) is 0.714. The molecule has 3 atom stereocenters. The molecule has 3 aromatic rings. The van der Waals surface area contributed by atoms with E-state index in [1.807, 2.05) is 25.1 Å². The third kappa shape index (κ3) is 3.10. The Kier molecular flexibility index (Phi) is 4.67. The maximum Gasteiger partial charge on any atom is 0.230 e. The standard InChI is InChI=1S/C19H23ClN4OS/c1-11-8-12(2)10-23(9-11)16(14-6-4-5-7-15(14)20)17-18(25)24-19(26-17)21-13(3)22-24/h4-7,11-12,16,25H,8-10H2,1-3H3/t11-,12-,16+/m0/s1. The van der Waals surface area contributed by atoms with Crippen LogP contribution in [0.3, 0.4) is 0 Å². The molecule has 26 heavy (non-hydrogen) atoms. The molecule has 2 aromatic heterocycles. The molecule has 0 saturated carbocycles. The highest BCUT2D eigenvalue weighted by Gasteiger charge is 2.34. The number of nitrogens with zero attached hydrogens (tertiary/aromatic N) is 4. The first-order valence-corrected chi connectivity index (χ1v) is 10.2. The van der Waals surface area contributed by atoms with Crippen LogP contribution < -0.4 is 0 Å². The van der Waals surface area contributed by atoms with E-state index in [1.54, 1.807) is 0 Å². The number of hydrogen-bond acceptors (Lipinski definition) is 5. The zero-order valence-electron chi connectivity index (χ0n) is 15.2. The van der Waals surface area contributed by atoms with E-state index in [9.17, 15) is 5.11 Å². The van der Waals surface area contributed by atoms with Gasteiger partial charge < -0.3 is 5.11 Å². The van der Waals surface area contributed by atoms with E-state index in [4.69, 9.17) is 11.6 Å². The first-order valence-electron chi connectivity index (χ1n) is 8.97. The Labute approximate surface area is 162 Å². The summed E-state index contributed by atoms with van der Waals surface area (Å²) in [5.74, 6) is 2.04. The fraction of sp³-hybridized carbons (Fsp3) is 0.474. The average molecular weight is 391 g/mol. The summed E-state index contributed by atoms with van der Waals surface area (Å²) in [5, 5.41) is 15.9. The largest absolute Gasteiger partial charge is 0.492 e. The van der Waals surface area contributed by atoms with E-state index in [0.29, 0.717) is 22.6 Å². The molecule has 0 amide bonds. The Balaban J connectivity index is 1.85. The molecule has 7 heteroatoms. The molecule has 1 saturated heterocycles. The van der Waals surface area contributed by atoms with Crippen LogP contribution in [0.25, 0.3) is 4.96 Å². The third-order valence-corrected chi connectivity index (χ3v) is 6.43. The van der Waals surface area contributed by atoms with E-state index in [2.05, 4.69) is 34.9 Å². The van der Waals surface area contributed by atoms with Crippen molar-refractivity contribution in [1.82, 2.24) is 19.5 Å². The summed E-state index contributed by atoms with van der Waals surface area (Å²) in [6, 6.07) is 7.82. The van der Waals surface area contributed by atoms with Crippen molar-refractivity contribution >= 4 is 27.9 Å². The van der Waals surface area contributed by atoms with Crippen molar-refractivity contribution in [2.45, 2.75) is 33.2 Å². The summed E-state index contributed by atoms with van der Waals surface area (Å²) in [5.41, 5.74) is 1.02. The molecular formula is C19H23ClN4OS. The number of thiazole rings is 1. The van der Waals surface area contributed by atoms with Crippen molar-refractivity contribution in [2.24, 2.45) is 11.8 Å². The molecule has 3 heterocycles. The van der Waals surface area contributed by atoms with Crippen molar-refractivity contribution < 1.29 is 5.11 Å². The summed E-state index contributed by atoms with van der Waals surface area (Å²) < 4.78 is 1.54. The maximum atomic E-state index is 10.9. The van der Waals surface area contributed by atoms with Gasteiger partial charge in [0.2, 0.25) is 10.8 Å². The second-order valence-corrected chi connectivity index (χ2v) is 8.88. The maximum absolute atomic E-state index is 10.9. The van der Waals surface area contributed by atoms with Crippen LogP contribution in [-0.2, 0) is 0 Å². The number of aromatic hydroxyl groups is 1. The molecule has 4 rings (SSSR count). The molecule has 0 spiro atoms. The van der Waals surface area contributed by atoms with Gasteiger partial charge in [-0.2, -0.15) is 4.52 Å². The smallest absolute Gasteiger partial charge is 0.230 e. The van der Waals surface area contributed by atoms with Crippen molar-refractivity contribution in [3.8, 4) is 5.88 Å². The number of rotatable bonds is 3. The van der Waals surface area contributed by atoms with Crippen LogP contribution >= 0.6 is 22.9 Å². The Hall–Kier alpha value is -1.63. The van der Waals surface area contributed by atoms with Crippen molar-refractivity contribution in [1.29, 1.82) is 0 Å². The Morgan fingerprint density at radius 2 is 1.92 bits per heavy atom. The zero-order chi connectivity index (χ0) is 18.4. The van der Waals surface area contributed by atoms with Gasteiger partial charge in [-0.05, 0) is 36.8 Å². The number of halogens is 1. The van der Waals surface area contributed by atoms with Crippen LogP contribution in [0.15, 0.2) is 24.3 Å². The highest BCUT2D eigenvalue weighted by molar-refractivity contribution is 7.17. The molecule has 1 aromatic carbocycles. The van der Waals surface area contributed by atoms with Crippen molar-refractivity contribution in [3.63, 3.8) is 0 Å². The lowest BCUT2D eigenvalue weighted by Gasteiger charge is -2.40. The molecule has 0 radical (unpaired) electrons. The number of benzene rings is 1. The van der Waals surface area contributed by atoms with E-state index in [0.717, 1.165) is 28.6 Å². The Morgan fingerprint density at radius 3 is 2.58 bits per heavy atom. The molecule has 0 aliphatic carbocycles. The molecule has 1 fully saturated rings. The second kappa shape index (κ2) is 6.83. The molecule has 138 valence electrons. The van der Waals surface area contributed by atoms with Gasteiger partial charge in [0.05, 0.1) is 10.9 Å². The van der Waals surface area contributed by atoms with E-state index in [1.165, 1.54) is 22.3 Å². The fourth-order valence-electron chi connectivity index (χ4n) is 4.15. The first kappa shape index (κ1) is 17.8. The highest BCUT2D eigenvalue weighted by atomic mass is 35.5. The summed E-state index contributed by atoms with van der Waals surface area (Å²) in [4.78, 5) is 8.44. The Morgan fingerprint density at radius 1 is 1.23 bits per heavy atom. The van der Waals surface area contributed by atoms with Gasteiger partial charge in [-0.15, -0.1) is 5.10 Å². The van der Waals surface area contributed by atoms with Gasteiger partial charge in [0.15, 0.2) is 0 Å². The van der Waals surface area contributed by atoms with E-state index in [-0.39, 0.29) is 11.9 Å². The molecule has 0 unspecified atom stereocenters. The molecular weight excluding hydrogens is 368 g/mol. The molecule has 0 bridgehead atoms. The normalized spacial score (nSPS) is 22.8. The summed E-state index contributed by atoms with van der Waals surface area (Å²) in [7, 11) is 0. The average Bonchev–Trinajstić information content (AvgIpc) is 3.07. The monoisotopic (exact) mass is 390 g/mol. The number of aryl methyl sites for hydroxylation is 1. The topological polar surface area (TPSA) is 53.7 Å². The van der Waals surface area contributed by atoms with Gasteiger partial charge in [0.25, 0.3) is 0 Å². The van der Waals surface area contributed by atoms with Crippen LogP contribution in [0, 0.1) is 18.8 Å². The lowest BCUT2D eigenvalue weighted by molar-refractivity contribution is 0.112. The summed E-state index contributed by atoms with van der Waals surface area (Å²) in [6.45, 7) is 8.37. The summed E-state index contributed by atoms with van der Waals surface area (Å²) >= 11 is 8.06. The predicted octanol–water partition coefficient (Wildman–Crippen LogP) is 4.53. The number of likely N-dealkylation sites (tertiary alicyclic amines) is 1. The number of fused-ring (bicyclic) bond motifs is 1. The summed E-state index contributed by atoms with van der Waals surface area (Å²) in [6.07, 6.45) is 1.23.